The summed E-state index contributed by atoms with van der Waals surface area (Å²) in [6.45, 7) is 0. The number of nitrogens with zero attached hydrogens (tertiary/aromatic N) is 3. The molecule has 0 aliphatic carbocycles. The van der Waals surface area contributed by atoms with Gasteiger partial charge in [0.1, 0.15) is 17.4 Å². The molecule has 0 saturated carbocycles. The van der Waals surface area contributed by atoms with Crippen molar-refractivity contribution in [3.63, 3.8) is 0 Å². The maximum Gasteiger partial charge on any atom is 0.291 e. The summed E-state index contributed by atoms with van der Waals surface area (Å²) in [5.41, 5.74) is 1.22. The lowest BCUT2D eigenvalue weighted by molar-refractivity contribution is -0.384. The Balaban J connectivity index is 1.38. The lowest BCUT2D eigenvalue weighted by Gasteiger charge is -2.10. The monoisotopic (exact) mass is 552 g/mol. The summed E-state index contributed by atoms with van der Waals surface area (Å²) in [7, 11) is 0. The number of halogens is 1. The van der Waals surface area contributed by atoms with E-state index in [2.05, 4.69) is 20.6 Å². The third-order valence-electron chi connectivity index (χ3n) is 5.72. The molecule has 0 bridgehead atoms. The third kappa shape index (κ3) is 5.57. The van der Waals surface area contributed by atoms with E-state index in [1.165, 1.54) is 30.3 Å². The van der Waals surface area contributed by atoms with E-state index in [4.69, 9.17) is 16.0 Å². The van der Waals surface area contributed by atoms with Crippen molar-refractivity contribution in [2.24, 2.45) is 0 Å². The van der Waals surface area contributed by atoms with E-state index >= 15 is 0 Å². The number of carbonyl (C=O) groups excluding carboxylic acids is 1. The fourth-order valence-electron chi connectivity index (χ4n) is 3.81. The van der Waals surface area contributed by atoms with Crippen LogP contribution in [0.5, 0.6) is 0 Å². The Morgan fingerprint density at radius 3 is 2.45 bits per heavy atom. The molecule has 0 saturated heterocycles. The van der Waals surface area contributed by atoms with Crippen molar-refractivity contribution in [3.8, 4) is 28.7 Å². The number of anilines is 3. The Hall–Kier alpha value is -5.73. The number of aromatic amines is 1. The zero-order valence-corrected chi connectivity index (χ0v) is 21.1. The first-order chi connectivity index (χ1) is 19.3. The molecule has 0 radical (unpaired) electrons. The number of non-ortho nitro benzene ring substituents is 1. The maximum absolute atomic E-state index is 12.9. The summed E-state index contributed by atoms with van der Waals surface area (Å²) < 4.78 is 5.65. The molecule has 40 heavy (non-hydrogen) atoms. The van der Waals surface area contributed by atoms with Crippen LogP contribution < -0.4 is 16.2 Å². The summed E-state index contributed by atoms with van der Waals surface area (Å²) in [4.78, 5) is 42.8. The van der Waals surface area contributed by atoms with E-state index in [-0.39, 0.29) is 28.7 Å². The average Bonchev–Trinajstić information content (AvgIpc) is 3.45. The van der Waals surface area contributed by atoms with Crippen molar-refractivity contribution in [2.45, 2.75) is 0 Å². The number of hydrogen-bond acceptors (Lipinski definition) is 8. The predicted molar refractivity (Wildman–Crippen MR) is 148 cm³/mol. The van der Waals surface area contributed by atoms with E-state index in [0.717, 1.165) is 0 Å². The normalized spacial score (nSPS) is 10.5. The first-order valence-electron chi connectivity index (χ1n) is 11.6. The number of amides is 1. The number of furan rings is 1. The summed E-state index contributed by atoms with van der Waals surface area (Å²) in [6.07, 6.45) is 0. The Labute approximate surface area is 230 Å². The minimum absolute atomic E-state index is 0.0141. The van der Waals surface area contributed by atoms with Crippen LogP contribution in [0, 0.1) is 21.4 Å². The van der Waals surface area contributed by atoms with Gasteiger partial charge in [0.25, 0.3) is 17.2 Å². The van der Waals surface area contributed by atoms with Gasteiger partial charge in [-0.25, -0.2) is 4.98 Å². The molecular formula is C28H17ClN6O5. The van der Waals surface area contributed by atoms with E-state index in [1.807, 2.05) is 6.07 Å². The van der Waals surface area contributed by atoms with Crippen molar-refractivity contribution >= 4 is 40.5 Å². The van der Waals surface area contributed by atoms with Gasteiger partial charge in [0, 0.05) is 39.7 Å². The Kier molecular flexibility index (Phi) is 7.08. The van der Waals surface area contributed by atoms with Crippen LogP contribution in [-0.4, -0.2) is 20.8 Å². The van der Waals surface area contributed by atoms with Crippen molar-refractivity contribution in [2.75, 3.05) is 10.6 Å². The SMILES string of the molecule is N#Cc1c(-c2cccc(NC(=O)c3ccc(-c4ccc([N+](=O)[O-])cc4)o3)c2)nc(Nc2ccc(Cl)cc2)[nH]c1=O. The molecule has 3 N–H and O–H groups in total. The van der Waals surface area contributed by atoms with Gasteiger partial charge in [-0.05, 0) is 60.7 Å². The highest BCUT2D eigenvalue weighted by atomic mass is 35.5. The Bertz CT molecular complexity index is 1840. The quantitative estimate of drug-likeness (QED) is 0.160. The van der Waals surface area contributed by atoms with Gasteiger partial charge >= 0.3 is 0 Å². The highest BCUT2D eigenvalue weighted by molar-refractivity contribution is 6.30. The molecule has 1 amide bonds. The number of nitrogens with one attached hydrogen (secondary N) is 3. The molecule has 2 heterocycles. The summed E-state index contributed by atoms with van der Waals surface area (Å²) in [5, 5.41) is 26.7. The molecule has 11 nitrogen and oxygen atoms in total. The highest BCUT2D eigenvalue weighted by Gasteiger charge is 2.17. The van der Waals surface area contributed by atoms with Gasteiger partial charge in [-0.3, -0.25) is 24.7 Å². The molecule has 0 fully saturated rings. The lowest BCUT2D eigenvalue weighted by atomic mass is 10.1. The number of nitro groups is 1. The molecule has 5 rings (SSSR count). The number of nitriles is 1. The highest BCUT2D eigenvalue weighted by Crippen LogP contribution is 2.27. The molecule has 196 valence electrons. The van der Waals surface area contributed by atoms with Crippen LogP contribution >= 0.6 is 11.6 Å². The standard InChI is InChI=1S/C28H17ClN6O5/c29-18-6-8-19(9-7-18)32-28-33-25(22(15-30)26(36)34-28)17-2-1-3-20(14-17)31-27(37)24-13-12-23(40-24)16-4-10-21(11-5-16)35(38)39/h1-14H,(H,31,37)(H2,32,33,34,36). The van der Waals surface area contributed by atoms with Gasteiger partial charge < -0.3 is 15.1 Å². The van der Waals surface area contributed by atoms with Crippen LogP contribution in [0.4, 0.5) is 23.0 Å². The van der Waals surface area contributed by atoms with E-state index in [1.54, 1.807) is 54.6 Å². The average molecular weight is 553 g/mol. The number of H-pyrrole nitrogens is 1. The van der Waals surface area contributed by atoms with Crippen LogP contribution in [-0.2, 0) is 0 Å². The number of rotatable bonds is 7. The van der Waals surface area contributed by atoms with Crippen molar-refractivity contribution in [3.05, 3.63) is 122 Å². The van der Waals surface area contributed by atoms with Crippen molar-refractivity contribution in [1.29, 1.82) is 5.26 Å². The molecule has 0 spiro atoms. The molecule has 2 aromatic heterocycles. The summed E-state index contributed by atoms with van der Waals surface area (Å²) in [5.74, 6) is -0.0546. The fraction of sp³-hybridized carbons (Fsp3) is 0. The van der Waals surface area contributed by atoms with Crippen molar-refractivity contribution in [1.82, 2.24) is 9.97 Å². The zero-order chi connectivity index (χ0) is 28.2. The molecule has 0 atom stereocenters. The molecule has 3 aromatic carbocycles. The van der Waals surface area contributed by atoms with E-state index in [9.17, 15) is 25.0 Å². The van der Waals surface area contributed by atoms with Crippen molar-refractivity contribution < 1.29 is 14.1 Å². The molecule has 12 heteroatoms. The number of aromatic nitrogens is 2. The molecule has 0 aliphatic rings. The van der Waals surface area contributed by atoms with Crippen LogP contribution in [0.25, 0.3) is 22.6 Å². The zero-order valence-electron chi connectivity index (χ0n) is 20.3. The molecule has 0 unspecified atom stereocenters. The Morgan fingerprint density at radius 2 is 1.75 bits per heavy atom. The van der Waals surface area contributed by atoms with Crippen LogP contribution in [0.1, 0.15) is 16.1 Å². The molecular weight excluding hydrogens is 536 g/mol. The van der Waals surface area contributed by atoms with Crippen LogP contribution in [0.15, 0.2) is 94.1 Å². The topological polar surface area (TPSA) is 167 Å². The summed E-state index contributed by atoms with van der Waals surface area (Å²) >= 11 is 5.92. The number of nitro benzene ring substituents is 1. The molecule has 0 aliphatic heterocycles. The van der Waals surface area contributed by atoms with Gasteiger partial charge in [0.05, 0.1) is 10.6 Å². The summed E-state index contributed by atoms with van der Waals surface area (Å²) in [6, 6.07) is 24.0. The minimum atomic E-state index is -0.632. The minimum Gasteiger partial charge on any atom is -0.451 e. The fourth-order valence-corrected chi connectivity index (χ4v) is 3.94. The number of hydrogen-bond donors (Lipinski definition) is 3. The second-order valence-corrected chi connectivity index (χ2v) is 8.82. The van der Waals surface area contributed by atoms with E-state index < -0.39 is 16.4 Å². The first kappa shape index (κ1) is 25.9. The van der Waals surface area contributed by atoms with E-state index in [0.29, 0.717) is 33.3 Å². The lowest BCUT2D eigenvalue weighted by Crippen LogP contribution is -2.16. The number of carbonyl (C=O) groups is 1. The third-order valence-corrected chi connectivity index (χ3v) is 5.98. The van der Waals surface area contributed by atoms with Crippen LogP contribution in [0.2, 0.25) is 5.02 Å². The van der Waals surface area contributed by atoms with Gasteiger partial charge in [-0.1, -0.05) is 23.7 Å². The number of benzene rings is 3. The molecule has 5 aromatic rings. The van der Waals surface area contributed by atoms with Gasteiger partial charge in [-0.2, -0.15) is 5.26 Å². The second-order valence-electron chi connectivity index (χ2n) is 8.38. The van der Waals surface area contributed by atoms with Gasteiger partial charge in [0.2, 0.25) is 5.95 Å². The first-order valence-corrected chi connectivity index (χ1v) is 12.0. The second kappa shape index (κ2) is 10.9. The van der Waals surface area contributed by atoms with Crippen LogP contribution in [0.3, 0.4) is 0 Å². The smallest absolute Gasteiger partial charge is 0.291 e. The maximum atomic E-state index is 12.9. The largest absolute Gasteiger partial charge is 0.451 e. The van der Waals surface area contributed by atoms with Gasteiger partial charge in [0.15, 0.2) is 5.76 Å². The van der Waals surface area contributed by atoms with Gasteiger partial charge in [-0.15, -0.1) is 0 Å². The predicted octanol–water partition coefficient (Wildman–Crippen LogP) is 6.13. The Morgan fingerprint density at radius 1 is 1.00 bits per heavy atom.